The lowest BCUT2D eigenvalue weighted by molar-refractivity contribution is -0.425. The number of hydrogen-bond acceptors (Lipinski definition) is 1. The van der Waals surface area contributed by atoms with Crippen molar-refractivity contribution in [1.29, 1.82) is 0 Å². The third-order valence-corrected chi connectivity index (χ3v) is 13.3. The first-order valence-corrected chi connectivity index (χ1v) is 20.4. The molecule has 6 aromatic carbocycles. The molecule has 0 fully saturated rings. The molecule has 7 rings (SSSR count). The fourth-order valence-corrected chi connectivity index (χ4v) is 9.58. The van der Waals surface area contributed by atoms with Crippen molar-refractivity contribution >= 4 is 17.7 Å². The summed E-state index contributed by atoms with van der Waals surface area (Å²) in [5, 5.41) is 0. The van der Waals surface area contributed by atoms with Gasteiger partial charge >= 0.3 is 0 Å². The number of nitrogens with zero attached hydrogens (tertiary/aromatic N) is 2. The van der Waals surface area contributed by atoms with E-state index in [1.807, 2.05) is 0 Å². The highest BCUT2D eigenvalue weighted by Gasteiger charge is 2.37. The van der Waals surface area contributed by atoms with Gasteiger partial charge in [0.05, 0.1) is 0 Å². The van der Waals surface area contributed by atoms with Crippen LogP contribution in [-0.2, 0) is 0 Å². The second kappa shape index (κ2) is 17.1. The first-order valence-electron chi connectivity index (χ1n) is 20.4. The van der Waals surface area contributed by atoms with E-state index in [4.69, 9.17) is 0 Å². The summed E-state index contributed by atoms with van der Waals surface area (Å²) in [6.07, 6.45) is 2.48. The van der Waals surface area contributed by atoms with E-state index >= 15 is 0 Å². The Bertz CT molecular complexity index is 2180. The third-order valence-electron chi connectivity index (χ3n) is 13.3. The zero-order chi connectivity index (χ0) is 39.0. The summed E-state index contributed by atoms with van der Waals surface area (Å²) in [5.41, 5.74) is 22.4. The smallest absolute Gasteiger partial charge is 0.244 e. The van der Waals surface area contributed by atoms with Gasteiger partial charge in [0.2, 0.25) is 6.34 Å². The van der Waals surface area contributed by atoms with Crippen molar-refractivity contribution in [3.05, 3.63) is 199 Å². The normalized spacial score (nSPS) is 14.8. The average molecular weight is 760 g/mol. The topological polar surface area (TPSA) is 6.25 Å². The molecule has 0 bridgehead atoms. The fraction of sp³-hybridized carbons (Fsp3) is 0.302. The Morgan fingerprint density at radius 3 is 1.02 bits per heavy atom. The van der Waals surface area contributed by atoms with Gasteiger partial charge in [-0.15, -0.1) is 0 Å². The summed E-state index contributed by atoms with van der Waals surface area (Å²) < 4.78 is 2.63. The second-order valence-electron chi connectivity index (χ2n) is 16.1. The first-order chi connectivity index (χ1) is 26.5. The highest BCUT2D eigenvalue weighted by molar-refractivity contribution is 5.86. The maximum atomic E-state index is 2.63. The summed E-state index contributed by atoms with van der Waals surface area (Å²) in [6.45, 7) is 25.6. The molecule has 1 heterocycles. The average Bonchev–Trinajstić information content (AvgIpc) is 3.72. The van der Waals surface area contributed by atoms with Crippen molar-refractivity contribution in [2.75, 3.05) is 18.0 Å². The maximum Gasteiger partial charge on any atom is 0.244 e. The van der Waals surface area contributed by atoms with Gasteiger partial charge in [-0.2, -0.15) is 0 Å². The van der Waals surface area contributed by atoms with Crippen molar-refractivity contribution < 1.29 is 17.0 Å². The number of rotatable bonds is 10. The lowest BCUT2D eigenvalue weighted by Gasteiger charge is -2.29. The monoisotopic (exact) mass is 758 g/mol. The number of anilines is 1. The van der Waals surface area contributed by atoms with Gasteiger partial charge in [0.15, 0.2) is 0 Å². The lowest BCUT2D eigenvalue weighted by atomic mass is 9.78. The van der Waals surface area contributed by atoms with Crippen LogP contribution in [0.5, 0.6) is 0 Å². The summed E-state index contributed by atoms with van der Waals surface area (Å²) in [4.78, 5) is 2.63. The Labute approximate surface area is 343 Å². The quantitative estimate of drug-likeness (QED) is 0.126. The van der Waals surface area contributed by atoms with Crippen LogP contribution in [0.3, 0.4) is 0 Å². The first kappa shape index (κ1) is 40.7. The molecular weight excluding hydrogens is 700 g/mol. The summed E-state index contributed by atoms with van der Waals surface area (Å²) in [6, 6.07) is 44.4. The molecular formula is C53H59ClN2. The second-order valence-corrected chi connectivity index (χ2v) is 16.1. The van der Waals surface area contributed by atoms with E-state index in [2.05, 4.69) is 206 Å². The molecule has 0 amide bonds. The fourth-order valence-electron chi connectivity index (χ4n) is 9.58. The van der Waals surface area contributed by atoms with Gasteiger partial charge in [-0.05, 0) is 97.2 Å². The minimum absolute atomic E-state index is 0. The van der Waals surface area contributed by atoms with Crippen molar-refractivity contribution in [3.63, 3.8) is 0 Å². The van der Waals surface area contributed by atoms with Crippen molar-refractivity contribution in [1.82, 2.24) is 0 Å². The number of halogens is 1. The molecule has 0 aromatic heterocycles. The Balaban J connectivity index is 0.00000532. The molecule has 0 aliphatic carbocycles. The number of benzene rings is 6. The van der Waals surface area contributed by atoms with Crippen molar-refractivity contribution in [2.24, 2.45) is 0 Å². The van der Waals surface area contributed by atoms with Crippen LogP contribution in [0.2, 0.25) is 0 Å². The molecule has 56 heavy (non-hydrogen) atoms. The summed E-state index contributed by atoms with van der Waals surface area (Å²) in [7, 11) is 0. The maximum absolute atomic E-state index is 2.63. The molecule has 3 heteroatoms. The van der Waals surface area contributed by atoms with Crippen LogP contribution in [0.4, 0.5) is 11.4 Å². The molecule has 4 atom stereocenters. The van der Waals surface area contributed by atoms with Crippen LogP contribution in [0.15, 0.2) is 121 Å². The molecule has 288 valence electrons. The minimum Gasteiger partial charge on any atom is -1.00 e. The molecule has 4 unspecified atom stereocenters. The highest BCUT2D eigenvalue weighted by atomic mass is 35.5. The van der Waals surface area contributed by atoms with Crippen LogP contribution in [0, 0.1) is 41.5 Å². The van der Waals surface area contributed by atoms with Crippen LogP contribution in [0.1, 0.15) is 129 Å². The molecule has 2 nitrogen and oxygen atoms in total. The van der Waals surface area contributed by atoms with E-state index < -0.39 is 0 Å². The van der Waals surface area contributed by atoms with Gasteiger partial charge in [-0.25, -0.2) is 9.48 Å². The molecule has 0 radical (unpaired) electrons. The van der Waals surface area contributed by atoms with E-state index in [-0.39, 0.29) is 36.1 Å². The van der Waals surface area contributed by atoms with Crippen molar-refractivity contribution in [2.45, 2.75) is 92.9 Å². The van der Waals surface area contributed by atoms with Gasteiger partial charge in [0.25, 0.3) is 0 Å². The van der Waals surface area contributed by atoms with Crippen LogP contribution in [-0.4, -0.2) is 24.0 Å². The lowest BCUT2D eigenvalue weighted by Crippen LogP contribution is -3.00. The molecule has 1 aliphatic heterocycles. The van der Waals surface area contributed by atoms with Crippen molar-refractivity contribution in [3.8, 4) is 0 Å². The van der Waals surface area contributed by atoms with E-state index in [1.165, 1.54) is 89.3 Å². The SMILES string of the molecule is Cc1c(C)c(C(C)c2ccccc2)c(N2C=[N+](c3c(C(C)c4ccccc4)c(C)c(C)c(C)c3C(C)c3ccccc3)CC2)c(C(C)c2ccccc2)c1C.[Cl-]. The third kappa shape index (κ3) is 7.37. The van der Waals surface area contributed by atoms with Gasteiger partial charge in [0.1, 0.15) is 24.5 Å². The van der Waals surface area contributed by atoms with E-state index in [0.717, 1.165) is 13.1 Å². The zero-order valence-electron chi connectivity index (χ0n) is 35.1. The summed E-state index contributed by atoms with van der Waals surface area (Å²) >= 11 is 0. The van der Waals surface area contributed by atoms with E-state index in [0.29, 0.717) is 0 Å². The molecule has 6 aromatic rings. The number of hydrogen-bond donors (Lipinski definition) is 0. The van der Waals surface area contributed by atoms with E-state index in [9.17, 15) is 0 Å². The van der Waals surface area contributed by atoms with Gasteiger partial charge in [0, 0.05) is 45.9 Å². The van der Waals surface area contributed by atoms with Gasteiger partial charge in [-0.3, -0.25) is 0 Å². The van der Waals surface area contributed by atoms with Crippen LogP contribution in [0.25, 0.3) is 0 Å². The molecule has 0 saturated carbocycles. The van der Waals surface area contributed by atoms with Crippen LogP contribution >= 0.6 is 0 Å². The molecule has 0 N–H and O–H groups in total. The molecule has 1 aliphatic rings. The van der Waals surface area contributed by atoms with Crippen LogP contribution < -0.4 is 17.3 Å². The highest BCUT2D eigenvalue weighted by Crippen LogP contribution is 2.48. The van der Waals surface area contributed by atoms with Gasteiger partial charge < -0.3 is 12.4 Å². The predicted octanol–water partition coefficient (Wildman–Crippen LogP) is 10.3. The van der Waals surface area contributed by atoms with E-state index in [1.54, 1.807) is 0 Å². The van der Waals surface area contributed by atoms with Gasteiger partial charge in [-0.1, -0.05) is 149 Å². The Morgan fingerprint density at radius 1 is 0.411 bits per heavy atom. The largest absolute Gasteiger partial charge is 1.00 e. The molecule has 0 spiro atoms. The summed E-state index contributed by atoms with van der Waals surface area (Å²) in [5.74, 6) is 0.911. The zero-order valence-corrected chi connectivity index (χ0v) is 35.9. The standard InChI is InChI=1S/C53H59N2.ClH/c1-34-36(3)48(40(7)44-23-15-11-16-24-44)52(49(37(34)4)41(8)45-25-17-12-18-26-45)54-31-32-55(33-54)53-50(42(9)46-27-19-13-20-28-46)38(5)35(2)39(6)51(53)43(10)47-29-21-14-22-30-47;/h11-30,33,40-43H,31-32H2,1-10H3;1H/q+1;/p-1. The minimum atomic E-state index is 0. The Kier molecular flexibility index (Phi) is 12.4. The Morgan fingerprint density at radius 2 is 0.696 bits per heavy atom. The predicted molar refractivity (Wildman–Crippen MR) is 235 cm³/mol. The molecule has 0 saturated heterocycles. The Hall–Kier alpha value is -4.92.